The molecule has 0 bridgehead atoms. The van der Waals surface area contributed by atoms with Gasteiger partial charge < -0.3 is 15.3 Å². The van der Waals surface area contributed by atoms with Crippen molar-refractivity contribution in [3.8, 4) is 5.75 Å². The highest BCUT2D eigenvalue weighted by Crippen LogP contribution is 2.49. The maximum absolute atomic E-state index is 14.0. The zero-order chi connectivity index (χ0) is 31.4. The zero-order valence-corrected chi connectivity index (χ0v) is 26.4. The number of amides is 2. The minimum absolute atomic E-state index is 0.0889. The minimum Gasteiger partial charge on any atom is -0.508 e. The molecular weight excluding hydrogens is 552 g/mol. The Bertz CT molecular complexity index is 1360. The standard InChI is InChI=1S/C37H48N2O5/c1-4-25(20-26-10-13-29(41)14-11-26)12-15-33(42)34-30(24(2)3)21-31-35(32(34)23-40)37(44)39(36(31)43)28-16-18-38(19-17-28)22-27-8-6-5-7-9-27/h5-11,13-14,20,24,28,31-33,35,40-42H,4,12,15-19,21-23H2,1-3H3/b25-20+/t31-,32+,33-,35-/m1/s1. The van der Waals surface area contributed by atoms with E-state index in [0.717, 1.165) is 55.6 Å². The normalized spacial score (nSPS) is 24.4. The Morgan fingerprint density at radius 1 is 1.00 bits per heavy atom. The number of aliphatic hydroxyl groups excluding tert-OH is 2. The van der Waals surface area contributed by atoms with Crippen LogP contribution < -0.4 is 0 Å². The molecule has 2 heterocycles. The van der Waals surface area contributed by atoms with Crippen LogP contribution >= 0.6 is 0 Å². The lowest BCUT2D eigenvalue weighted by Crippen LogP contribution is -2.47. The van der Waals surface area contributed by atoms with Crippen molar-refractivity contribution in [3.05, 3.63) is 82.4 Å². The summed E-state index contributed by atoms with van der Waals surface area (Å²) in [6.45, 7) is 8.47. The molecule has 1 aliphatic carbocycles. The van der Waals surface area contributed by atoms with E-state index in [0.29, 0.717) is 19.3 Å². The number of carbonyl (C=O) groups is 2. The molecule has 2 aromatic carbocycles. The molecule has 7 nitrogen and oxygen atoms in total. The number of carbonyl (C=O) groups excluding carboxylic acids is 2. The highest BCUT2D eigenvalue weighted by atomic mass is 16.3. The van der Waals surface area contributed by atoms with Gasteiger partial charge >= 0.3 is 0 Å². The van der Waals surface area contributed by atoms with Gasteiger partial charge in [0.25, 0.3) is 0 Å². The molecular formula is C37H48N2O5. The van der Waals surface area contributed by atoms with Crippen LogP contribution in [-0.2, 0) is 16.1 Å². The zero-order valence-electron chi connectivity index (χ0n) is 26.4. The van der Waals surface area contributed by atoms with Gasteiger partial charge in [0.05, 0.1) is 24.5 Å². The van der Waals surface area contributed by atoms with E-state index in [9.17, 15) is 24.9 Å². The summed E-state index contributed by atoms with van der Waals surface area (Å²) in [4.78, 5) is 31.8. The van der Waals surface area contributed by atoms with E-state index < -0.39 is 23.9 Å². The lowest BCUT2D eigenvalue weighted by molar-refractivity contribution is -0.144. The van der Waals surface area contributed by atoms with Crippen molar-refractivity contribution < 1.29 is 24.9 Å². The number of benzene rings is 2. The Kier molecular flexibility index (Phi) is 10.4. The number of phenols is 1. The second-order valence-electron chi connectivity index (χ2n) is 13.1. The van der Waals surface area contributed by atoms with Crippen LogP contribution in [0, 0.1) is 23.7 Å². The van der Waals surface area contributed by atoms with E-state index in [1.807, 2.05) is 30.3 Å². The number of fused-ring (bicyclic) bond motifs is 1. The smallest absolute Gasteiger partial charge is 0.234 e. The van der Waals surface area contributed by atoms with Gasteiger partial charge in [0, 0.05) is 31.6 Å². The first-order valence-electron chi connectivity index (χ1n) is 16.3. The van der Waals surface area contributed by atoms with Gasteiger partial charge in [-0.15, -0.1) is 0 Å². The van der Waals surface area contributed by atoms with Crippen LogP contribution in [0.1, 0.15) is 70.4 Å². The second-order valence-corrected chi connectivity index (χ2v) is 13.1. The summed E-state index contributed by atoms with van der Waals surface area (Å²) in [5.41, 5.74) is 5.21. The molecule has 2 aliphatic heterocycles. The van der Waals surface area contributed by atoms with E-state index >= 15 is 0 Å². The van der Waals surface area contributed by atoms with Crippen LogP contribution in [-0.4, -0.2) is 68.8 Å². The minimum atomic E-state index is -0.807. The Balaban J connectivity index is 1.30. The molecule has 2 aromatic rings. The topological polar surface area (TPSA) is 101 Å². The number of likely N-dealkylation sites (tertiary alicyclic amines) is 2. The first-order chi connectivity index (χ1) is 21.2. The van der Waals surface area contributed by atoms with Gasteiger partial charge in [-0.1, -0.05) is 80.5 Å². The first kappa shape index (κ1) is 32.1. The lowest BCUT2D eigenvalue weighted by Gasteiger charge is -2.38. The van der Waals surface area contributed by atoms with Gasteiger partial charge in [-0.3, -0.25) is 19.4 Å². The van der Waals surface area contributed by atoms with Crippen LogP contribution in [0.5, 0.6) is 5.75 Å². The third-order valence-corrected chi connectivity index (χ3v) is 10.0. The average Bonchev–Trinajstić information content (AvgIpc) is 3.28. The molecule has 2 amide bonds. The largest absolute Gasteiger partial charge is 0.508 e. The first-order valence-corrected chi connectivity index (χ1v) is 16.3. The number of hydrogen-bond donors (Lipinski definition) is 3. The Morgan fingerprint density at radius 3 is 2.30 bits per heavy atom. The van der Waals surface area contributed by atoms with E-state index in [2.05, 4.69) is 43.9 Å². The maximum atomic E-state index is 14.0. The fourth-order valence-corrected chi connectivity index (χ4v) is 7.64. The number of rotatable bonds is 11. The fourth-order valence-electron chi connectivity index (χ4n) is 7.64. The van der Waals surface area contributed by atoms with Gasteiger partial charge in [0.1, 0.15) is 5.75 Å². The second kappa shape index (κ2) is 14.2. The summed E-state index contributed by atoms with van der Waals surface area (Å²) in [6, 6.07) is 17.3. The van der Waals surface area contributed by atoms with Crippen molar-refractivity contribution >= 4 is 17.9 Å². The molecule has 3 aliphatic rings. The van der Waals surface area contributed by atoms with Gasteiger partial charge in [0.2, 0.25) is 11.8 Å². The highest BCUT2D eigenvalue weighted by molar-refractivity contribution is 6.06. The summed E-state index contributed by atoms with van der Waals surface area (Å²) in [7, 11) is 0. The lowest BCUT2D eigenvalue weighted by atomic mass is 9.66. The SMILES string of the molecule is CC/C(=C\c1ccc(O)cc1)CC[C@@H](O)C1=C(C(C)C)C[C@H]2C(=O)N(C3CCN(Cc4ccccc4)CC3)C(=O)[C@H]2[C@H]1CO. The van der Waals surface area contributed by atoms with Gasteiger partial charge in [0.15, 0.2) is 0 Å². The maximum Gasteiger partial charge on any atom is 0.234 e. The van der Waals surface area contributed by atoms with Crippen molar-refractivity contribution in [2.45, 2.75) is 78.0 Å². The molecule has 2 fully saturated rings. The number of aromatic hydroxyl groups is 1. The van der Waals surface area contributed by atoms with E-state index in [4.69, 9.17) is 0 Å². The molecule has 0 spiro atoms. The summed E-state index contributed by atoms with van der Waals surface area (Å²) in [5.74, 6) is -1.62. The van der Waals surface area contributed by atoms with Crippen molar-refractivity contribution in [3.63, 3.8) is 0 Å². The van der Waals surface area contributed by atoms with Crippen LogP contribution in [0.2, 0.25) is 0 Å². The van der Waals surface area contributed by atoms with Gasteiger partial charge in [-0.05, 0) is 73.3 Å². The average molecular weight is 601 g/mol. The molecule has 4 atom stereocenters. The van der Waals surface area contributed by atoms with Crippen molar-refractivity contribution in [1.82, 2.24) is 9.80 Å². The molecule has 236 valence electrons. The summed E-state index contributed by atoms with van der Waals surface area (Å²) in [6.07, 6.45) is 5.21. The number of piperidine rings is 1. The molecule has 7 heteroatoms. The van der Waals surface area contributed by atoms with Crippen LogP contribution in [0.3, 0.4) is 0 Å². The molecule has 2 saturated heterocycles. The monoisotopic (exact) mass is 600 g/mol. The molecule has 5 rings (SSSR count). The number of nitrogens with zero attached hydrogens (tertiary/aromatic N) is 2. The Morgan fingerprint density at radius 2 is 1.68 bits per heavy atom. The Labute approximate surface area is 261 Å². The molecule has 3 N–H and O–H groups in total. The summed E-state index contributed by atoms with van der Waals surface area (Å²) < 4.78 is 0. The summed E-state index contributed by atoms with van der Waals surface area (Å²) >= 11 is 0. The van der Waals surface area contributed by atoms with Crippen LogP contribution in [0.4, 0.5) is 0 Å². The number of aliphatic hydroxyl groups is 2. The number of phenolic OH excluding ortho intramolecular Hbond substituents is 1. The van der Waals surface area contributed by atoms with E-state index in [1.54, 1.807) is 17.0 Å². The van der Waals surface area contributed by atoms with Gasteiger partial charge in [-0.25, -0.2) is 0 Å². The third-order valence-electron chi connectivity index (χ3n) is 10.0. The van der Waals surface area contributed by atoms with E-state index in [1.165, 1.54) is 11.1 Å². The third kappa shape index (κ3) is 6.85. The molecule has 0 radical (unpaired) electrons. The highest BCUT2D eigenvalue weighted by Gasteiger charge is 2.56. The van der Waals surface area contributed by atoms with Crippen LogP contribution in [0.25, 0.3) is 6.08 Å². The number of hydrogen-bond acceptors (Lipinski definition) is 6. The quantitative estimate of drug-likeness (QED) is 0.231. The molecule has 44 heavy (non-hydrogen) atoms. The van der Waals surface area contributed by atoms with Crippen molar-refractivity contribution in [2.24, 2.45) is 23.7 Å². The molecule has 0 aromatic heterocycles. The van der Waals surface area contributed by atoms with Crippen LogP contribution in [0.15, 0.2) is 71.3 Å². The predicted octanol–water partition coefficient (Wildman–Crippen LogP) is 5.56. The summed E-state index contributed by atoms with van der Waals surface area (Å²) in [5, 5.41) is 31.9. The molecule has 0 unspecified atom stereocenters. The Hall–Kier alpha value is -3.26. The fraction of sp³-hybridized carbons (Fsp3) is 0.514. The molecule has 0 saturated carbocycles. The van der Waals surface area contributed by atoms with Crippen molar-refractivity contribution in [2.75, 3.05) is 19.7 Å². The van der Waals surface area contributed by atoms with Gasteiger partial charge in [-0.2, -0.15) is 0 Å². The van der Waals surface area contributed by atoms with E-state index in [-0.39, 0.29) is 36.1 Å². The van der Waals surface area contributed by atoms with Crippen molar-refractivity contribution in [1.29, 1.82) is 0 Å². The number of imide groups is 1. The number of allylic oxidation sites excluding steroid dienone is 2. The predicted molar refractivity (Wildman–Crippen MR) is 172 cm³/mol.